The van der Waals surface area contributed by atoms with Gasteiger partial charge in [0.2, 0.25) is 0 Å². The molecule has 1 aliphatic heterocycles. The molecule has 0 saturated carbocycles. The van der Waals surface area contributed by atoms with Gasteiger partial charge in [0.25, 0.3) is 0 Å². The van der Waals surface area contributed by atoms with E-state index in [1.54, 1.807) is 0 Å². The van der Waals surface area contributed by atoms with Crippen LogP contribution in [0.5, 0.6) is 0 Å². The Kier molecular flexibility index (Phi) is 4.99. The molecule has 1 aliphatic rings. The molecule has 0 amide bonds. The Morgan fingerprint density at radius 1 is 1.00 bits per heavy atom. The van der Waals surface area contributed by atoms with Gasteiger partial charge in [0.15, 0.2) is 5.78 Å². The third kappa shape index (κ3) is 3.67. The van der Waals surface area contributed by atoms with E-state index in [2.05, 4.69) is 35.8 Å². The fraction of sp³-hybridized carbons (Fsp3) is 0.286. The summed E-state index contributed by atoms with van der Waals surface area (Å²) in [6.07, 6.45) is 1.70. The van der Waals surface area contributed by atoms with E-state index in [1.165, 1.54) is 5.56 Å². The predicted molar refractivity (Wildman–Crippen MR) is 98.0 cm³/mol. The van der Waals surface area contributed by atoms with Crippen LogP contribution in [0.1, 0.15) is 33.5 Å². The number of hydrogen-bond donors (Lipinski definition) is 2. The Labute approximate surface area is 143 Å². The van der Waals surface area contributed by atoms with Gasteiger partial charge in [-0.3, -0.25) is 4.79 Å². The molecule has 0 radical (unpaired) electrons. The summed E-state index contributed by atoms with van der Waals surface area (Å²) in [5.41, 5.74) is 4.95. The van der Waals surface area contributed by atoms with Crippen LogP contribution in [0.25, 0.3) is 0 Å². The molecule has 2 N–H and O–H groups in total. The SMILES string of the molecule is Cc1ccc(C(=O)C(Cc2ccccc2)=C2NCCCN2)c(C)c1. The van der Waals surface area contributed by atoms with E-state index in [1.807, 2.05) is 37.3 Å². The van der Waals surface area contributed by atoms with Gasteiger partial charge in [0, 0.05) is 30.6 Å². The second kappa shape index (κ2) is 7.35. The Morgan fingerprint density at radius 3 is 2.38 bits per heavy atom. The lowest BCUT2D eigenvalue weighted by Gasteiger charge is -2.23. The summed E-state index contributed by atoms with van der Waals surface area (Å²) in [5.74, 6) is 0.989. The Morgan fingerprint density at radius 2 is 1.71 bits per heavy atom. The van der Waals surface area contributed by atoms with E-state index in [0.717, 1.165) is 47.6 Å². The first-order valence-corrected chi connectivity index (χ1v) is 8.52. The number of ketones is 1. The lowest BCUT2D eigenvalue weighted by Crippen LogP contribution is -2.37. The number of carbonyl (C=O) groups excluding carboxylic acids is 1. The van der Waals surface area contributed by atoms with Gasteiger partial charge in [0.1, 0.15) is 5.82 Å². The van der Waals surface area contributed by atoms with Crippen molar-refractivity contribution in [2.75, 3.05) is 13.1 Å². The van der Waals surface area contributed by atoms with E-state index in [-0.39, 0.29) is 5.78 Å². The zero-order valence-electron chi connectivity index (χ0n) is 14.4. The van der Waals surface area contributed by atoms with Crippen molar-refractivity contribution in [3.8, 4) is 0 Å². The summed E-state index contributed by atoms with van der Waals surface area (Å²) >= 11 is 0. The van der Waals surface area contributed by atoms with Crippen LogP contribution in [0.4, 0.5) is 0 Å². The highest BCUT2D eigenvalue weighted by Gasteiger charge is 2.20. The monoisotopic (exact) mass is 320 g/mol. The fourth-order valence-electron chi connectivity index (χ4n) is 3.10. The molecular weight excluding hydrogens is 296 g/mol. The molecule has 3 heteroatoms. The number of allylic oxidation sites excluding steroid dienone is 1. The molecule has 0 aliphatic carbocycles. The zero-order valence-corrected chi connectivity index (χ0v) is 14.4. The van der Waals surface area contributed by atoms with Crippen molar-refractivity contribution in [2.24, 2.45) is 0 Å². The summed E-state index contributed by atoms with van der Waals surface area (Å²) < 4.78 is 0. The third-order valence-corrected chi connectivity index (χ3v) is 4.38. The van der Waals surface area contributed by atoms with Crippen LogP contribution in [-0.4, -0.2) is 18.9 Å². The van der Waals surface area contributed by atoms with Crippen molar-refractivity contribution in [3.63, 3.8) is 0 Å². The maximum absolute atomic E-state index is 13.2. The van der Waals surface area contributed by atoms with Crippen molar-refractivity contribution in [1.82, 2.24) is 10.6 Å². The minimum atomic E-state index is 0.105. The lowest BCUT2D eigenvalue weighted by atomic mass is 9.93. The van der Waals surface area contributed by atoms with E-state index >= 15 is 0 Å². The van der Waals surface area contributed by atoms with Gasteiger partial charge >= 0.3 is 0 Å². The molecule has 1 fully saturated rings. The maximum Gasteiger partial charge on any atom is 0.193 e. The van der Waals surface area contributed by atoms with E-state index in [4.69, 9.17) is 0 Å². The second-order valence-corrected chi connectivity index (χ2v) is 6.37. The van der Waals surface area contributed by atoms with Crippen LogP contribution >= 0.6 is 0 Å². The van der Waals surface area contributed by atoms with Crippen LogP contribution in [0, 0.1) is 13.8 Å². The molecule has 2 aromatic carbocycles. The average molecular weight is 320 g/mol. The molecule has 0 atom stereocenters. The number of carbonyl (C=O) groups is 1. The lowest BCUT2D eigenvalue weighted by molar-refractivity contribution is 0.102. The van der Waals surface area contributed by atoms with Gasteiger partial charge in [-0.1, -0.05) is 54.1 Å². The highest BCUT2D eigenvalue weighted by Crippen LogP contribution is 2.20. The quantitative estimate of drug-likeness (QED) is 0.669. The molecule has 0 spiro atoms. The predicted octanol–water partition coefficient (Wildman–Crippen LogP) is 3.52. The van der Waals surface area contributed by atoms with Crippen LogP contribution in [0.2, 0.25) is 0 Å². The number of aryl methyl sites for hydroxylation is 2. The van der Waals surface area contributed by atoms with Gasteiger partial charge in [-0.25, -0.2) is 0 Å². The molecule has 0 aromatic heterocycles. The first-order chi connectivity index (χ1) is 11.6. The third-order valence-electron chi connectivity index (χ3n) is 4.38. The van der Waals surface area contributed by atoms with E-state index in [0.29, 0.717) is 6.42 Å². The largest absolute Gasteiger partial charge is 0.371 e. The summed E-state index contributed by atoms with van der Waals surface area (Å²) in [6, 6.07) is 16.2. The molecule has 0 bridgehead atoms. The summed E-state index contributed by atoms with van der Waals surface area (Å²) in [4.78, 5) is 13.2. The molecule has 3 nitrogen and oxygen atoms in total. The molecule has 1 heterocycles. The molecule has 24 heavy (non-hydrogen) atoms. The van der Waals surface area contributed by atoms with Gasteiger partial charge < -0.3 is 10.6 Å². The molecule has 2 aromatic rings. The summed E-state index contributed by atoms with van der Waals surface area (Å²) in [5, 5.41) is 6.74. The van der Waals surface area contributed by atoms with Gasteiger partial charge in [-0.15, -0.1) is 0 Å². The topological polar surface area (TPSA) is 41.1 Å². The van der Waals surface area contributed by atoms with E-state index < -0.39 is 0 Å². The zero-order chi connectivity index (χ0) is 16.9. The fourth-order valence-corrected chi connectivity index (χ4v) is 3.10. The first-order valence-electron chi connectivity index (χ1n) is 8.52. The molecule has 1 saturated heterocycles. The summed E-state index contributed by atoms with van der Waals surface area (Å²) in [6.45, 7) is 5.86. The molecule has 124 valence electrons. The number of Topliss-reactive ketones (excluding diaryl/α,β-unsaturated/α-hetero) is 1. The van der Waals surface area contributed by atoms with E-state index in [9.17, 15) is 4.79 Å². The second-order valence-electron chi connectivity index (χ2n) is 6.37. The first kappa shape index (κ1) is 16.3. The number of nitrogens with one attached hydrogen (secondary N) is 2. The van der Waals surface area contributed by atoms with Crippen molar-refractivity contribution in [3.05, 3.63) is 82.2 Å². The minimum absolute atomic E-state index is 0.105. The van der Waals surface area contributed by atoms with Gasteiger partial charge in [-0.05, 0) is 31.4 Å². The Balaban J connectivity index is 1.99. The average Bonchev–Trinajstić information content (AvgIpc) is 2.61. The minimum Gasteiger partial charge on any atom is -0.371 e. The van der Waals surface area contributed by atoms with Crippen LogP contribution in [0.15, 0.2) is 59.9 Å². The smallest absolute Gasteiger partial charge is 0.193 e. The Hall–Kier alpha value is -2.55. The van der Waals surface area contributed by atoms with Crippen molar-refractivity contribution in [2.45, 2.75) is 26.7 Å². The Bertz CT molecular complexity index is 755. The van der Waals surface area contributed by atoms with Crippen LogP contribution in [0.3, 0.4) is 0 Å². The standard InChI is InChI=1S/C21H24N2O/c1-15-9-10-18(16(2)13-15)20(24)19(21-22-11-6-12-23-21)14-17-7-4-3-5-8-17/h3-5,7-10,13,22-23H,6,11-12,14H2,1-2H3. The molecule has 0 unspecified atom stereocenters. The van der Waals surface area contributed by atoms with Crippen LogP contribution in [-0.2, 0) is 6.42 Å². The number of benzene rings is 2. The highest BCUT2D eigenvalue weighted by atomic mass is 16.1. The van der Waals surface area contributed by atoms with Crippen molar-refractivity contribution >= 4 is 5.78 Å². The van der Waals surface area contributed by atoms with Crippen molar-refractivity contribution < 1.29 is 4.79 Å². The summed E-state index contributed by atoms with van der Waals surface area (Å²) in [7, 11) is 0. The molecular formula is C21H24N2O. The van der Waals surface area contributed by atoms with Gasteiger partial charge in [-0.2, -0.15) is 0 Å². The number of rotatable bonds is 4. The van der Waals surface area contributed by atoms with Gasteiger partial charge in [0.05, 0.1) is 0 Å². The number of hydrogen-bond acceptors (Lipinski definition) is 3. The van der Waals surface area contributed by atoms with Crippen molar-refractivity contribution in [1.29, 1.82) is 0 Å². The normalized spacial score (nSPS) is 13.8. The highest BCUT2D eigenvalue weighted by molar-refractivity contribution is 6.10. The maximum atomic E-state index is 13.2. The molecule has 3 rings (SSSR count). The van der Waals surface area contributed by atoms with Crippen LogP contribution < -0.4 is 10.6 Å².